The van der Waals surface area contributed by atoms with Gasteiger partial charge in [-0.1, -0.05) is 23.7 Å². The molecule has 1 aromatic heterocycles. The summed E-state index contributed by atoms with van der Waals surface area (Å²) in [6, 6.07) is 12.0. The third-order valence-corrected chi connectivity index (χ3v) is 4.82. The van der Waals surface area contributed by atoms with Crippen LogP contribution in [0.25, 0.3) is 11.1 Å². The Balaban J connectivity index is 1.93. The first kappa shape index (κ1) is 20.6. The van der Waals surface area contributed by atoms with Gasteiger partial charge in [-0.25, -0.2) is 4.39 Å². The first-order valence-electron chi connectivity index (χ1n) is 8.85. The Morgan fingerprint density at radius 1 is 1.07 bits per heavy atom. The van der Waals surface area contributed by atoms with E-state index in [2.05, 4.69) is 10.3 Å². The number of nitrogens with one attached hydrogen (secondary N) is 1. The fourth-order valence-electron chi connectivity index (χ4n) is 3.02. The molecule has 0 radical (unpaired) electrons. The van der Waals surface area contributed by atoms with Crippen molar-refractivity contribution in [3.05, 3.63) is 76.3 Å². The number of rotatable bonds is 6. The summed E-state index contributed by atoms with van der Waals surface area (Å²) in [5, 5.41) is 3.02. The number of halogens is 2. The highest BCUT2D eigenvalue weighted by Gasteiger charge is 2.21. The monoisotopic (exact) mass is 414 g/mol. The second kappa shape index (κ2) is 8.92. The van der Waals surface area contributed by atoms with E-state index in [0.717, 1.165) is 11.3 Å². The summed E-state index contributed by atoms with van der Waals surface area (Å²) < 4.78 is 25.1. The predicted octanol–water partition coefficient (Wildman–Crippen LogP) is 4.80. The SMILES string of the molecule is COc1ccc(CNC(=O)c2c(-c3ccc(Cl)c(OC)c3F)ccnc2C)cc1. The lowest BCUT2D eigenvalue weighted by Crippen LogP contribution is -2.24. The Morgan fingerprint density at radius 3 is 2.45 bits per heavy atom. The van der Waals surface area contributed by atoms with E-state index >= 15 is 0 Å². The highest BCUT2D eigenvalue weighted by atomic mass is 35.5. The maximum absolute atomic E-state index is 14.9. The number of benzene rings is 2. The molecule has 1 N–H and O–H groups in total. The lowest BCUT2D eigenvalue weighted by Gasteiger charge is -2.15. The number of hydrogen-bond donors (Lipinski definition) is 1. The normalized spacial score (nSPS) is 10.5. The quantitative estimate of drug-likeness (QED) is 0.629. The summed E-state index contributed by atoms with van der Waals surface area (Å²) in [5.41, 5.74) is 2.32. The molecule has 0 saturated carbocycles. The van der Waals surface area contributed by atoms with Crippen LogP contribution in [0, 0.1) is 12.7 Å². The second-order valence-corrected chi connectivity index (χ2v) is 6.70. The number of aromatic nitrogens is 1. The highest BCUT2D eigenvalue weighted by molar-refractivity contribution is 6.32. The fourth-order valence-corrected chi connectivity index (χ4v) is 3.24. The van der Waals surface area contributed by atoms with Crippen LogP contribution in [-0.4, -0.2) is 25.1 Å². The summed E-state index contributed by atoms with van der Waals surface area (Å²) in [6.45, 7) is 2.01. The minimum absolute atomic E-state index is 0.0665. The predicted molar refractivity (Wildman–Crippen MR) is 110 cm³/mol. The standard InChI is InChI=1S/C22H20ClFN2O3/c1-13-19(22(27)26-12-14-4-6-15(28-2)7-5-14)16(10-11-25-13)17-8-9-18(23)21(29-3)20(17)24/h4-11H,12H2,1-3H3,(H,26,27). The number of carbonyl (C=O) groups is 1. The molecule has 0 aliphatic heterocycles. The molecule has 0 aliphatic rings. The van der Waals surface area contributed by atoms with Crippen molar-refractivity contribution in [3.63, 3.8) is 0 Å². The van der Waals surface area contributed by atoms with E-state index in [1.54, 1.807) is 20.1 Å². The van der Waals surface area contributed by atoms with E-state index in [0.29, 0.717) is 23.4 Å². The van der Waals surface area contributed by atoms with Gasteiger partial charge in [0.05, 0.1) is 30.5 Å². The van der Waals surface area contributed by atoms with Crippen molar-refractivity contribution >= 4 is 17.5 Å². The van der Waals surface area contributed by atoms with E-state index in [4.69, 9.17) is 21.1 Å². The molecule has 0 spiro atoms. The van der Waals surface area contributed by atoms with Crippen LogP contribution >= 0.6 is 11.6 Å². The Kier molecular flexibility index (Phi) is 6.34. The molecule has 3 rings (SSSR count). The zero-order valence-electron chi connectivity index (χ0n) is 16.3. The molecule has 7 heteroatoms. The molecule has 0 bridgehead atoms. The topological polar surface area (TPSA) is 60.5 Å². The Morgan fingerprint density at radius 2 is 1.79 bits per heavy atom. The molecule has 1 heterocycles. The third kappa shape index (κ3) is 4.32. The van der Waals surface area contributed by atoms with Gasteiger partial charge in [0.1, 0.15) is 5.75 Å². The van der Waals surface area contributed by atoms with Gasteiger partial charge in [-0.05, 0) is 42.8 Å². The van der Waals surface area contributed by atoms with Gasteiger partial charge in [-0.2, -0.15) is 0 Å². The molecule has 0 atom stereocenters. The molecular formula is C22H20ClFN2O3. The molecule has 0 aliphatic carbocycles. The average Bonchev–Trinajstić information content (AvgIpc) is 2.72. The van der Waals surface area contributed by atoms with Crippen molar-refractivity contribution in [1.29, 1.82) is 0 Å². The van der Waals surface area contributed by atoms with Gasteiger partial charge in [0, 0.05) is 23.9 Å². The third-order valence-electron chi connectivity index (χ3n) is 4.52. The zero-order chi connectivity index (χ0) is 21.0. The Hall–Kier alpha value is -3.12. The van der Waals surface area contributed by atoms with Gasteiger partial charge < -0.3 is 14.8 Å². The van der Waals surface area contributed by atoms with Gasteiger partial charge in [0.15, 0.2) is 11.6 Å². The van der Waals surface area contributed by atoms with Crippen molar-refractivity contribution < 1.29 is 18.7 Å². The lowest BCUT2D eigenvalue weighted by molar-refractivity contribution is 0.0950. The van der Waals surface area contributed by atoms with E-state index in [-0.39, 0.29) is 22.2 Å². The summed E-state index contributed by atoms with van der Waals surface area (Å²) in [5.74, 6) is -0.314. The van der Waals surface area contributed by atoms with Crippen molar-refractivity contribution in [3.8, 4) is 22.6 Å². The molecule has 2 aromatic carbocycles. The molecule has 0 unspecified atom stereocenters. The van der Waals surface area contributed by atoms with Crippen molar-refractivity contribution in [2.75, 3.05) is 14.2 Å². The zero-order valence-corrected chi connectivity index (χ0v) is 17.0. The molecule has 0 saturated heterocycles. The van der Waals surface area contributed by atoms with Crippen LogP contribution in [0.1, 0.15) is 21.6 Å². The molecule has 3 aromatic rings. The minimum atomic E-state index is -0.630. The fraction of sp³-hybridized carbons (Fsp3) is 0.182. The number of nitrogens with zero attached hydrogens (tertiary/aromatic N) is 1. The second-order valence-electron chi connectivity index (χ2n) is 6.29. The minimum Gasteiger partial charge on any atom is -0.497 e. The van der Waals surface area contributed by atoms with Gasteiger partial charge in [0.2, 0.25) is 0 Å². The van der Waals surface area contributed by atoms with Crippen LogP contribution in [0.2, 0.25) is 5.02 Å². The van der Waals surface area contributed by atoms with Gasteiger partial charge in [0.25, 0.3) is 5.91 Å². The molecular weight excluding hydrogens is 395 g/mol. The first-order chi connectivity index (χ1) is 14.0. The van der Waals surface area contributed by atoms with Crippen LogP contribution in [0.15, 0.2) is 48.7 Å². The maximum atomic E-state index is 14.9. The molecule has 5 nitrogen and oxygen atoms in total. The van der Waals surface area contributed by atoms with Crippen LogP contribution in [0.5, 0.6) is 11.5 Å². The number of aryl methyl sites for hydroxylation is 1. The largest absolute Gasteiger partial charge is 0.497 e. The van der Waals surface area contributed by atoms with Crippen molar-refractivity contribution in [2.24, 2.45) is 0 Å². The first-order valence-corrected chi connectivity index (χ1v) is 9.23. The average molecular weight is 415 g/mol. The van der Waals surface area contributed by atoms with Crippen LogP contribution in [0.3, 0.4) is 0 Å². The number of carbonyl (C=O) groups excluding carboxylic acids is 1. The van der Waals surface area contributed by atoms with Gasteiger partial charge >= 0.3 is 0 Å². The summed E-state index contributed by atoms with van der Waals surface area (Å²) in [7, 11) is 2.93. The molecule has 150 valence electrons. The van der Waals surface area contributed by atoms with Crippen molar-refractivity contribution in [2.45, 2.75) is 13.5 Å². The summed E-state index contributed by atoms with van der Waals surface area (Å²) >= 11 is 6.00. The summed E-state index contributed by atoms with van der Waals surface area (Å²) in [6.07, 6.45) is 1.53. The van der Waals surface area contributed by atoms with Gasteiger partial charge in [-0.3, -0.25) is 9.78 Å². The number of ether oxygens (including phenoxy) is 2. The van der Waals surface area contributed by atoms with Gasteiger partial charge in [-0.15, -0.1) is 0 Å². The number of amides is 1. The molecule has 1 amide bonds. The molecule has 29 heavy (non-hydrogen) atoms. The number of methoxy groups -OCH3 is 2. The Bertz CT molecular complexity index is 1040. The number of pyridine rings is 1. The van der Waals surface area contributed by atoms with Crippen LogP contribution in [0.4, 0.5) is 4.39 Å². The van der Waals surface area contributed by atoms with E-state index in [9.17, 15) is 9.18 Å². The van der Waals surface area contributed by atoms with E-state index in [1.807, 2.05) is 24.3 Å². The number of hydrogen-bond acceptors (Lipinski definition) is 4. The van der Waals surface area contributed by atoms with Crippen LogP contribution < -0.4 is 14.8 Å². The highest BCUT2D eigenvalue weighted by Crippen LogP contribution is 2.36. The van der Waals surface area contributed by atoms with E-state index in [1.165, 1.54) is 25.4 Å². The smallest absolute Gasteiger partial charge is 0.254 e. The van der Waals surface area contributed by atoms with E-state index < -0.39 is 5.82 Å². The lowest BCUT2D eigenvalue weighted by atomic mass is 9.98. The Labute approximate surface area is 173 Å². The maximum Gasteiger partial charge on any atom is 0.254 e. The van der Waals surface area contributed by atoms with Crippen molar-refractivity contribution in [1.82, 2.24) is 10.3 Å². The molecule has 0 fully saturated rings. The van der Waals surface area contributed by atoms with Crippen LogP contribution in [-0.2, 0) is 6.54 Å². The summed E-state index contributed by atoms with van der Waals surface area (Å²) in [4.78, 5) is 17.1.